The normalized spacial score (nSPS) is 15.6. The standard InChI is InChI=1S/C13H15FN2O3/c1-15-6-7-16(8-12(15)17)13(18)9-19-11-5-3-2-4-10(11)14/h2-5H,6-9H2,1H3. The molecular formula is C13H15FN2O3. The molecule has 0 bridgehead atoms. The number of carbonyl (C=O) groups excluding carboxylic acids is 2. The van der Waals surface area contributed by atoms with E-state index in [0.717, 1.165) is 0 Å². The summed E-state index contributed by atoms with van der Waals surface area (Å²) in [4.78, 5) is 26.3. The lowest BCUT2D eigenvalue weighted by atomic mass is 10.3. The van der Waals surface area contributed by atoms with Crippen molar-refractivity contribution < 1.29 is 18.7 Å². The number of nitrogens with zero attached hydrogens (tertiary/aromatic N) is 2. The van der Waals surface area contributed by atoms with Gasteiger partial charge in [-0.2, -0.15) is 0 Å². The summed E-state index contributed by atoms with van der Waals surface area (Å²) in [6, 6.07) is 5.89. The highest BCUT2D eigenvalue weighted by Crippen LogP contribution is 2.15. The number of para-hydroxylation sites is 1. The highest BCUT2D eigenvalue weighted by molar-refractivity contribution is 5.86. The predicted octanol–water partition coefficient (Wildman–Crippen LogP) is 0.505. The summed E-state index contributed by atoms with van der Waals surface area (Å²) < 4.78 is 18.4. The number of halogens is 1. The molecule has 0 unspecified atom stereocenters. The van der Waals surface area contributed by atoms with Crippen molar-refractivity contribution in [1.82, 2.24) is 9.80 Å². The van der Waals surface area contributed by atoms with Crippen LogP contribution in [0, 0.1) is 5.82 Å². The largest absolute Gasteiger partial charge is 0.481 e. The second kappa shape index (κ2) is 5.69. The first-order valence-electron chi connectivity index (χ1n) is 5.97. The molecule has 1 aliphatic heterocycles. The van der Waals surface area contributed by atoms with E-state index in [2.05, 4.69) is 0 Å². The van der Waals surface area contributed by atoms with Gasteiger partial charge in [0.1, 0.15) is 0 Å². The van der Waals surface area contributed by atoms with E-state index in [4.69, 9.17) is 4.74 Å². The van der Waals surface area contributed by atoms with E-state index in [1.165, 1.54) is 17.0 Å². The van der Waals surface area contributed by atoms with Gasteiger partial charge in [-0.05, 0) is 12.1 Å². The zero-order valence-electron chi connectivity index (χ0n) is 10.6. The van der Waals surface area contributed by atoms with Gasteiger partial charge in [0.25, 0.3) is 5.91 Å². The minimum absolute atomic E-state index is 0.0382. The number of piperazine rings is 1. The fraction of sp³-hybridized carbons (Fsp3) is 0.385. The van der Waals surface area contributed by atoms with Gasteiger partial charge in [0.15, 0.2) is 18.2 Å². The van der Waals surface area contributed by atoms with E-state index < -0.39 is 5.82 Å². The van der Waals surface area contributed by atoms with Crippen molar-refractivity contribution in [1.29, 1.82) is 0 Å². The topological polar surface area (TPSA) is 49.9 Å². The zero-order chi connectivity index (χ0) is 13.8. The molecule has 0 atom stereocenters. The monoisotopic (exact) mass is 266 g/mol. The molecule has 19 heavy (non-hydrogen) atoms. The molecule has 2 rings (SSSR count). The molecule has 0 aromatic heterocycles. The first kappa shape index (κ1) is 13.3. The van der Waals surface area contributed by atoms with Crippen molar-refractivity contribution in [3.63, 3.8) is 0 Å². The molecular weight excluding hydrogens is 251 g/mol. The molecule has 1 heterocycles. The second-order valence-electron chi connectivity index (χ2n) is 4.35. The highest BCUT2D eigenvalue weighted by Gasteiger charge is 2.25. The van der Waals surface area contributed by atoms with Crippen molar-refractivity contribution in [3.05, 3.63) is 30.1 Å². The Labute approximate surface area is 110 Å². The molecule has 2 amide bonds. The lowest BCUT2D eigenvalue weighted by Gasteiger charge is -2.31. The number of amides is 2. The van der Waals surface area contributed by atoms with Gasteiger partial charge in [0.05, 0.1) is 6.54 Å². The molecule has 6 heteroatoms. The van der Waals surface area contributed by atoms with Crippen molar-refractivity contribution in [2.45, 2.75) is 0 Å². The van der Waals surface area contributed by atoms with Crippen molar-refractivity contribution in [2.24, 2.45) is 0 Å². The maximum atomic E-state index is 13.3. The van der Waals surface area contributed by atoms with E-state index in [-0.39, 0.29) is 30.7 Å². The Morgan fingerprint density at radius 3 is 2.79 bits per heavy atom. The van der Waals surface area contributed by atoms with Crippen LogP contribution in [0.25, 0.3) is 0 Å². The quantitative estimate of drug-likeness (QED) is 0.800. The number of hydrogen-bond acceptors (Lipinski definition) is 3. The molecule has 102 valence electrons. The Morgan fingerprint density at radius 2 is 2.11 bits per heavy atom. The Morgan fingerprint density at radius 1 is 1.37 bits per heavy atom. The first-order chi connectivity index (χ1) is 9.08. The molecule has 1 aromatic rings. The van der Waals surface area contributed by atoms with E-state index >= 15 is 0 Å². The minimum atomic E-state index is -0.509. The summed E-state index contributed by atoms with van der Waals surface area (Å²) in [7, 11) is 1.69. The second-order valence-corrected chi connectivity index (χ2v) is 4.35. The van der Waals surface area contributed by atoms with E-state index in [1.807, 2.05) is 0 Å². The van der Waals surface area contributed by atoms with E-state index in [9.17, 15) is 14.0 Å². The Hall–Kier alpha value is -2.11. The molecule has 0 N–H and O–H groups in total. The molecule has 0 radical (unpaired) electrons. The molecule has 1 aliphatic rings. The number of rotatable bonds is 3. The fourth-order valence-corrected chi connectivity index (χ4v) is 1.76. The smallest absolute Gasteiger partial charge is 0.261 e. The highest BCUT2D eigenvalue weighted by atomic mass is 19.1. The maximum Gasteiger partial charge on any atom is 0.261 e. The summed E-state index contributed by atoms with van der Waals surface area (Å²) >= 11 is 0. The van der Waals surface area contributed by atoms with Crippen molar-refractivity contribution in [3.8, 4) is 5.75 Å². The molecule has 0 spiro atoms. The SMILES string of the molecule is CN1CCN(C(=O)COc2ccccc2F)CC1=O. The summed E-state index contributed by atoms with van der Waals surface area (Å²) in [5, 5.41) is 0. The fourth-order valence-electron chi connectivity index (χ4n) is 1.76. The minimum Gasteiger partial charge on any atom is -0.481 e. The van der Waals surface area contributed by atoms with Gasteiger partial charge in [-0.3, -0.25) is 9.59 Å². The van der Waals surface area contributed by atoms with Crippen LogP contribution in [0.2, 0.25) is 0 Å². The third kappa shape index (κ3) is 3.21. The predicted molar refractivity (Wildman–Crippen MR) is 66.1 cm³/mol. The van der Waals surface area contributed by atoms with Crippen LogP contribution in [0.3, 0.4) is 0 Å². The van der Waals surface area contributed by atoms with Crippen LogP contribution in [0.4, 0.5) is 4.39 Å². The van der Waals surface area contributed by atoms with Crippen LogP contribution in [0.1, 0.15) is 0 Å². The lowest BCUT2D eigenvalue weighted by Crippen LogP contribution is -2.51. The molecule has 1 aromatic carbocycles. The number of likely N-dealkylation sites (N-methyl/N-ethyl adjacent to an activating group) is 1. The van der Waals surface area contributed by atoms with Gasteiger partial charge < -0.3 is 14.5 Å². The number of benzene rings is 1. The van der Waals surface area contributed by atoms with Crippen LogP contribution < -0.4 is 4.74 Å². The van der Waals surface area contributed by atoms with Crippen molar-refractivity contribution >= 4 is 11.8 Å². The first-order valence-corrected chi connectivity index (χ1v) is 5.97. The third-order valence-corrected chi connectivity index (χ3v) is 3.00. The average molecular weight is 266 g/mol. The zero-order valence-corrected chi connectivity index (χ0v) is 10.6. The summed E-state index contributed by atoms with van der Waals surface area (Å²) in [5.41, 5.74) is 0. The van der Waals surface area contributed by atoms with Crippen LogP contribution in [0.5, 0.6) is 5.75 Å². The Balaban J connectivity index is 1.88. The number of hydrogen-bond donors (Lipinski definition) is 0. The van der Waals surface area contributed by atoms with Gasteiger partial charge >= 0.3 is 0 Å². The number of ether oxygens (including phenoxy) is 1. The van der Waals surface area contributed by atoms with Gasteiger partial charge in [0.2, 0.25) is 5.91 Å². The molecule has 5 nitrogen and oxygen atoms in total. The summed E-state index contributed by atoms with van der Waals surface area (Å²) in [6.45, 7) is 0.764. The average Bonchev–Trinajstić information content (AvgIpc) is 2.40. The molecule has 0 saturated carbocycles. The van der Waals surface area contributed by atoms with Gasteiger partial charge in [-0.1, -0.05) is 12.1 Å². The van der Waals surface area contributed by atoms with Crippen LogP contribution in [0.15, 0.2) is 24.3 Å². The van der Waals surface area contributed by atoms with Gasteiger partial charge in [-0.25, -0.2) is 4.39 Å². The molecule has 0 aliphatic carbocycles. The maximum absolute atomic E-state index is 13.3. The van der Waals surface area contributed by atoms with Crippen LogP contribution in [-0.4, -0.2) is 54.9 Å². The van der Waals surface area contributed by atoms with Crippen LogP contribution in [-0.2, 0) is 9.59 Å². The Kier molecular flexibility index (Phi) is 3.99. The van der Waals surface area contributed by atoms with E-state index in [1.54, 1.807) is 24.1 Å². The van der Waals surface area contributed by atoms with Gasteiger partial charge in [0, 0.05) is 20.1 Å². The summed E-state index contributed by atoms with van der Waals surface area (Å²) in [5.74, 6) is -0.892. The van der Waals surface area contributed by atoms with E-state index in [0.29, 0.717) is 13.1 Å². The Bertz CT molecular complexity index is 493. The van der Waals surface area contributed by atoms with Gasteiger partial charge in [-0.15, -0.1) is 0 Å². The lowest BCUT2D eigenvalue weighted by molar-refractivity contribution is -0.145. The van der Waals surface area contributed by atoms with Crippen LogP contribution >= 0.6 is 0 Å². The molecule has 1 saturated heterocycles. The third-order valence-electron chi connectivity index (χ3n) is 3.00. The number of carbonyl (C=O) groups is 2. The molecule has 1 fully saturated rings. The summed E-state index contributed by atoms with van der Waals surface area (Å²) in [6.07, 6.45) is 0. The van der Waals surface area contributed by atoms with Crippen molar-refractivity contribution in [2.75, 3.05) is 33.3 Å².